The van der Waals surface area contributed by atoms with Crippen LogP contribution in [-0.2, 0) is 23.2 Å². The van der Waals surface area contributed by atoms with Crippen LogP contribution in [0.1, 0.15) is 6.92 Å². The number of imidazole rings is 1. The van der Waals surface area contributed by atoms with E-state index in [0.717, 1.165) is 0 Å². The molecule has 2 amide bonds. The maximum Gasteiger partial charge on any atom is 0.292 e. The van der Waals surface area contributed by atoms with E-state index in [1.54, 1.807) is 33.9 Å². The van der Waals surface area contributed by atoms with E-state index in [1.165, 1.54) is 26.2 Å². The molecule has 1 aromatic heterocycles. The Balaban J connectivity index is 0.00000288. The number of hydrogen-bond donors (Lipinski definition) is 2. The zero-order chi connectivity index (χ0) is 17.0. The van der Waals surface area contributed by atoms with Gasteiger partial charge in [-0.1, -0.05) is 0 Å². The SMILES string of the molecule is COc1cc(N(O)C(=O)Cn2cc[n+](C)c2)ccc1NC(C)=O.[Cl-]. The van der Waals surface area contributed by atoms with Gasteiger partial charge in [-0.2, -0.15) is 5.06 Å². The molecule has 0 aliphatic heterocycles. The average molecular weight is 355 g/mol. The normalized spacial score (nSPS) is 9.83. The summed E-state index contributed by atoms with van der Waals surface area (Å²) in [5.41, 5.74) is 0.708. The molecule has 0 aliphatic carbocycles. The number of ether oxygens (including phenoxy) is 1. The second-order valence-electron chi connectivity index (χ2n) is 5.02. The molecule has 9 heteroatoms. The van der Waals surface area contributed by atoms with Gasteiger partial charge in [-0.3, -0.25) is 14.8 Å². The summed E-state index contributed by atoms with van der Waals surface area (Å²) in [7, 11) is 3.27. The number of carbonyl (C=O) groups is 2. The second kappa shape index (κ2) is 8.32. The fourth-order valence-electron chi connectivity index (χ4n) is 2.07. The van der Waals surface area contributed by atoms with Crippen molar-refractivity contribution < 1.29 is 36.5 Å². The number of rotatable bonds is 5. The Morgan fingerprint density at radius 2 is 2.12 bits per heavy atom. The number of hydrogen-bond acceptors (Lipinski definition) is 4. The van der Waals surface area contributed by atoms with Crippen molar-refractivity contribution in [2.45, 2.75) is 13.5 Å². The van der Waals surface area contributed by atoms with E-state index in [4.69, 9.17) is 4.74 Å². The molecule has 0 spiro atoms. The van der Waals surface area contributed by atoms with Gasteiger partial charge < -0.3 is 22.5 Å². The minimum absolute atomic E-state index is 0. The smallest absolute Gasteiger partial charge is 0.292 e. The summed E-state index contributed by atoms with van der Waals surface area (Å²) in [6.07, 6.45) is 5.25. The van der Waals surface area contributed by atoms with E-state index < -0.39 is 5.91 Å². The third kappa shape index (κ3) is 4.71. The number of anilines is 2. The molecule has 2 aromatic rings. The van der Waals surface area contributed by atoms with Crippen LogP contribution < -0.4 is 32.1 Å². The number of aryl methyl sites for hydroxylation is 1. The molecule has 0 atom stereocenters. The molecule has 0 saturated heterocycles. The molecule has 2 rings (SSSR count). The molecular formula is C15H19ClN4O4. The fraction of sp³-hybridized carbons (Fsp3) is 0.267. The molecule has 130 valence electrons. The van der Waals surface area contributed by atoms with E-state index in [-0.39, 0.29) is 30.5 Å². The summed E-state index contributed by atoms with van der Waals surface area (Å²) >= 11 is 0. The molecule has 0 fully saturated rings. The second-order valence-corrected chi connectivity index (χ2v) is 5.02. The number of nitrogens with one attached hydrogen (secondary N) is 1. The molecule has 2 N–H and O–H groups in total. The Kier molecular flexibility index (Phi) is 6.75. The first-order valence-electron chi connectivity index (χ1n) is 6.89. The van der Waals surface area contributed by atoms with Crippen LogP contribution in [0.5, 0.6) is 5.75 Å². The Morgan fingerprint density at radius 1 is 1.42 bits per heavy atom. The van der Waals surface area contributed by atoms with Gasteiger partial charge in [-0.05, 0) is 12.1 Å². The number of carbonyl (C=O) groups excluding carboxylic acids is 2. The van der Waals surface area contributed by atoms with Gasteiger partial charge in [0.2, 0.25) is 12.2 Å². The number of methoxy groups -OCH3 is 1. The van der Waals surface area contributed by atoms with E-state index >= 15 is 0 Å². The van der Waals surface area contributed by atoms with Crippen LogP contribution in [0.15, 0.2) is 36.9 Å². The van der Waals surface area contributed by atoms with E-state index in [0.29, 0.717) is 16.5 Å². The van der Waals surface area contributed by atoms with Gasteiger partial charge in [-0.15, -0.1) is 0 Å². The topological polar surface area (TPSA) is 87.7 Å². The average Bonchev–Trinajstić information content (AvgIpc) is 2.91. The summed E-state index contributed by atoms with van der Waals surface area (Å²) in [6.45, 7) is 1.37. The van der Waals surface area contributed by atoms with Gasteiger partial charge in [0.15, 0.2) is 6.54 Å². The molecule has 24 heavy (non-hydrogen) atoms. The van der Waals surface area contributed by atoms with E-state index in [2.05, 4.69) is 5.32 Å². The largest absolute Gasteiger partial charge is 1.00 e. The van der Waals surface area contributed by atoms with Gasteiger partial charge in [0.25, 0.3) is 5.91 Å². The predicted molar refractivity (Wildman–Crippen MR) is 82.2 cm³/mol. The maximum absolute atomic E-state index is 12.1. The first kappa shape index (κ1) is 19.5. The van der Waals surface area contributed by atoms with Crippen LogP contribution in [-0.4, -0.2) is 28.7 Å². The van der Waals surface area contributed by atoms with Crippen LogP contribution in [0.3, 0.4) is 0 Å². The van der Waals surface area contributed by atoms with Crippen LogP contribution in [0, 0.1) is 0 Å². The molecule has 0 bridgehead atoms. The van der Waals surface area contributed by atoms with Crippen LogP contribution in [0.25, 0.3) is 0 Å². The number of aromatic nitrogens is 2. The van der Waals surface area contributed by atoms with Gasteiger partial charge in [0.05, 0.1) is 25.5 Å². The molecular weight excluding hydrogens is 336 g/mol. The highest BCUT2D eigenvalue weighted by Crippen LogP contribution is 2.29. The van der Waals surface area contributed by atoms with Crippen molar-refractivity contribution in [3.05, 3.63) is 36.9 Å². The van der Waals surface area contributed by atoms with Crippen molar-refractivity contribution >= 4 is 23.2 Å². The lowest BCUT2D eigenvalue weighted by Crippen LogP contribution is -3.00. The molecule has 1 heterocycles. The maximum atomic E-state index is 12.1. The first-order chi connectivity index (χ1) is 10.9. The quantitative estimate of drug-likeness (QED) is 0.359. The molecule has 8 nitrogen and oxygen atoms in total. The third-order valence-electron chi connectivity index (χ3n) is 3.12. The lowest BCUT2D eigenvalue weighted by molar-refractivity contribution is -0.671. The lowest BCUT2D eigenvalue weighted by atomic mass is 10.2. The zero-order valence-electron chi connectivity index (χ0n) is 13.6. The number of halogens is 1. The van der Waals surface area contributed by atoms with Crippen molar-refractivity contribution in [3.8, 4) is 5.75 Å². The highest BCUT2D eigenvalue weighted by atomic mass is 35.5. The van der Waals surface area contributed by atoms with Gasteiger partial charge >= 0.3 is 0 Å². The molecule has 0 saturated carbocycles. The Labute approximate surface area is 145 Å². The summed E-state index contributed by atoms with van der Waals surface area (Å²) in [6, 6.07) is 4.54. The highest BCUT2D eigenvalue weighted by Gasteiger charge is 2.18. The third-order valence-corrected chi connectivity index (χ3v) is 3.12. The minimum atomic E-state index is -0.504. The van der Waals surface area contributed by atoms with Gasteiger partial charge in [0, 0.05) is 13.0 Å². The lowest BCUT2D eigenvalue weighted by Gasteiger charge is -2.16. The first-order valence-corrected chi connectivity index (χ1v) is 6.89. The van der Waals surface area contributed by atoms with Crippen LogP contribution in [0.2, 0.25) is 0 Å². The molecule has 1 aromatic carbocycles. The van der Waals surface area contributed by atoms with Crippen molar-refractivity contribution in [1.29, 1.82) is 0 Å². The number of amides is 2. The van der Waals surface area contributed by atoms with Crippen LogP contribution >= 0.6 is 0 Å². The van der Waals surface area contributed by atoms with Crippen molar-refractivity contribution in [2.75, 3.05) is 17.5 Å². The summed E-state index contributed by atoms with van der Waals surface area (Å²) < 4.78 is 8.61. The summed E-state index contributed by atoms with van der Waals surface area (Å²) in [5, 5.41) is 13.2. The number of benzene rings is 1. The monoisotopic (exact) mass is 354 g/mol. The Morgan fingerprint density at radius 3 is 2.67 bits per heavy atom. The fourth-order valence-corrected chi connectivity index (χ4v) is 2.07. The standard InChI is InChI=1S/C15H18N4O4.ClH/c1-11(20)16-13-5-4-12(8-14(13)23-3)19(22)15(21)9-18-7-6-17(2)10-18;/h4-8,10,22H,9H2,1-3H3;1H. The number of hydroxylamine groups is 1. The predicted octanol–water partition coefficient (Wildman–Crippen LogP) is -2.29. The van der Waals surface area contributed by atoms with E-state index in [1.807, 2.05) is 7.05 Å². The number of nitrogens with zero attached hydrogens (tertiary/aromatic N) is 3. The molecule has 0 unspecified atom stereocenters. The van der Waals surface area contributed by atoms with Gasteiger partial charge in [0.1, 0.15) is 18.1 Å². The van der Waals surface area contributed by atoms with Crippen molar-refractivity contribution in [3.63, 3.8) is 0 Å². The Hall–Kier alpha value is -2.58. The van der Waals surface area contributed by atoms with Crippen LogP contribution in [0.4, 0.5) is 11.4 Å². The van der Waals surface area contributed by atoms with E-state index in [9.17, 15) is 14.8 Å². The zero-order valence-corrected chi connectivity index (χ0v) is 14.3. The molecule has 0 aliphatic rings. The Bertz CT molecular complexity index is 732. The van der Waals surface area contributed by atoms with Crippen molar-refractivity contribution in [1.82, 2.24) is 4.57 Å². The van der Waals surface area contributed by atoms with Gasteiger partial charge in [-0.25, -0.2) is 9.13 Å². The van der Waals surface area contributed by atoms with Crippen molar-refractivity contribution in [2.24, 2.45) is 7.05 Å². The molecule has 0 radical (unpaired) electrons. The summed E-state index contributed by atoms with van der Waals surface area (Å²) in [4.78, 5) is 23.2. The summed E-state index contributed by atoms with van der Waals surface area (Å²) in [5.74, 6) is -0.402. The minimum Gasteiger partial charge on any atom is -1.00 e. The highest BCUT2D eigenvalue weighted by molar-refractivity contribution is 5.93.